The van der Waals surface area contributed by atoms with Gasteiger partial charge in [-0.3, -0.25) is 9.36 Å². The second kappa shape index (κ2) is 11.9. The lowest BCUT2D eigenvalue weighted by Gasteiger charge is -2.24. The summed E-state index contributed by atoms with van der Waals surface area (Å²) < 4.78 is 24.1. The van der Waals surface area contributed by atoms with Crippen molar-refractivity contribution in [3.05, 3.63) is 120 Å². The van der Waals surface area contributed by atoms with Gasteiger partial charge in [0.05, 0.1) is 43.2 Å². The van der Waals surface area contributed by atoms with Crippen molar-refractivity contribution in [2.75, 3.05) is 21.3 Å². The predicted molar refractivity (Wildman–Crippen MR) is 157 cm³/mol. The molecule has 0 spiro atoms. The van der Waals surface area contributed by atoms with Gasteiger partial charge in [0.15, 0.2) is 4.80 Å². The molecule has 9 heteroatoms. The predicted octanol–water partition coefficient (Wildman–Crippen LogP) is 4.31. The number of ether oxygens (including phenoxy) is 4. The number of hydrogen-bond donors (Lipinski definition) is 0. The maximum absolute atomic E-state index is 13.9. The van der Waals surface area contributed by atoms with Gasteiger partial charge in [-0.25, -0.2) is 9.79 Å². The molecule has 1 aromatic heterocycles. The van der Waals surface area contributed by atoms with E-state index < -0.39 is 12.0 Å². The first-order chi connectivity index (χ1) is 19.8. The summed E-state index contributed by atoms with van der Waals surface area (Å²) >= 11 is 1.27. The highest BCUT2D eigenvalue weighted by molar-refractivity contribution is 7.07. The number of allylic oxidation sites excluding steroid dienone is 1. The highest BCUT2D eigenvalue weighted by Gasteiger charge is 2.33. The van der Waals surface area contributed by atoms with Crippen molar-refractivity contribution >= 4 is 23.4 Å². The van der Waals surface area contributed by atoms with E-state index in [1.807, 2.05) is 67.6 Å². The molecule has 3 aromatic carbocycles. The van der Waals surface area contributed by atoms with Gasteiger partial charge in [0.25, 0.3) is 5.56 Å². The van der Waals surface area contributed by atoms with E-state index in [2.05, 4.69) is 4.99 Å². The van der Waals surface area contributed by atoms with Crippen LogP contribution in [0.4, 0.5) is 0 Å². The van der Waals surface area contributed by atoms with Crippen molar-refractivity contribution in [3.8, 4) is 17.2 Å². The molecule has 41 heavy (non-hydrogen) atoms. The van der Waals surface area contributed by atoms with E-state index in [1.54, 1.807) is 37.8 Å². The van der Waals surface area contributed by atoms with Crippen LogP contribution < -0.4 is 29.1 Å². The normalized spacial score (nSPS) is 14.8. The Labute approximate surface area is 241 Å². The number of thiazole rings is 1. The average Bonchev–Trinajstić information content (AvgIpc) is 3.29. The smallest absolute Gasteiger partial charge is 0.338 e. The van der Waals surface area contributed by atoms with Gasteiger partial charge in [0.2, 0.25) is 0 Å². The molecule has 1 aliphatic rings. The third-order valence-corrected chi connectivity index (χ3v) is 7.92. The van der Waals surface area contributed by atoms with Gasteiger partial charge in [-0.05, 0) is 66.9 Å². The number of fused-ring (bicyclic) bond motifs is 1. The Kier molecular flexibility index (Phi) is 8.07. The summed E-state index contributed by atoms with van der Waals surface area (Å²) in [5.74, 6) is 1.62. The first-order valence-electron chi connectivity index (χ1n) is 12.9. The highest BCUT2D eigenvalue weighted by atomic mass is 32.1. The number of benzene rings is 3. The van der Waals surface area contributed by atoms with Crippen LogP contribution in [0.2, 0.25) is 0 Å². The standard InChI is InChI=1S/C32H30N2O6S/c1-19-8-6-7-9-25(19)40-18-23-16-21(10-15-26(23)38-4)17-27-30(35)34-29(22-11-13-24(37-3)14-12-22)28(31(36)39-5)20(2)33-32(34)41-27/h6-17,29H,18H2,1-5H3. The molecule has 1 aliphatic heterocycles. The van der Waals surface area contributed by atoms with Crippen molar-refractivity contribution in [3.63, 3.8) is 0 Å². The number of aromatic nitrogens is 1. The number of carbonyl (C=O) groups excluding carboxylic acids is 1. The maximum atomic E-state index is 13.9. The van der Waals surface area contributed by atoms with Crippen LogP contribution in [-0.4, -0.2) is 31.9 Å². The lowest BCUT2D eigenvalue weighted by molar-refractivity contribution is -0.136. The first-order valence-corrected chi connectivity index (χ1v) is 13.8. The second-order valence-electron chi connectivity index (χ2n) is 9.47. The number of nitrogens with zero attached hydrogens (tertiary/aromatic N) is 2. The lowest BCUT2D eigenvalue weighted by Crippen LogP contribution is -2.39. The van der Waals surface area contributed by atoms with Gasteiger partial charge in [-0.2, -0.15) is 0 Å². The zero-order valence-corrected chi connectivity index (χ0v) is 24.3. The molecule has 0 saturated carbocycles. The fourth-order valence-corrected chi connectivity index (χ4v) is 5.87. The van der Waals surface area contributed by atoms with Crippen LogP contribution in [0.15, 0.2) is 87.8 Å². The fourth-order valence-electron chi connectivity index (χ4n) is 4.82. The summed E-state index contributed by atoms with van der Waals surface area (Å²) in [6.45, 7) is 4.05. The van der Waals surface area contributed by atoms with Crippen LogP contribution in [0.3, 0.4) is 0 Å². The van der Waals surface area contributed by atoms with Crippen molar-refractivity contribution in [1.82, 2.24) is 4.57 Å². The summed E-state index contributed by atoms with van der Waals surface area (Å²) in [5.41, 5.74) is 4.01. The molecule has 8 nitrogen and oxygen atoms in total. The molecule has 1 atom stereocenters. The molecule has 0 bridgehead atoms. The molecular weight excluding hydrogens is 540 g/mol. The number of rotatable bonds is 8. The molecule has 0 fully saturated rings. The summed E-state index contributed by atoms with van der Waals surface area (Å²) in [6.07, 6.45) is 1.82. The van der Waals surface area contributed by atoms with Crippen molar-refractivity contribution < 1.29 is 23.7 Å². The zero-order chi connectivity index (χ0) is 29.1. The van der Waals surface area contributed by atoms with Crippen LogP contribution >= 0.6 is 11.3 Å². The van der Waals surface area contributed by atoms with E-state index in [1.165, 1.54) is 18.4 Å². The van der Waals surface area contributed by atoms with E-state index in [-0.39, 0.29) is 5.56 Å². The van der Waals surface area contributed by atoms with E-state index in [4.69, 9.17) is 18.9 Å². The lowest BCUT2D eigenvalue weighted by atomic mass is 9.96. The summed E-state index contributed by atoms with van der Waals surface area (Å²) in [5, 5.41) is 0. The van der Waals surface area contributed by atoms with Crippen LogP contribution in [0.1, 0.15) is 35.2 Å². The number of hydrogen-bond acceptors (Lipinski definition) is 8. The minimum atomic E-state index is -0.694. The highest BCUT2D eigenvalue weighted by Crippen LogP contribution is 2.31. The van der Waals surface area contributed by atoms with Crippen LogP contribution in [0.25, 0.3) is 6.08 Å². The largest absolute Gasteiger partial charge is 0.497 e. The molecule has 0 amide bonds. The van der Waals surface area contributed by atoms with Gasteiger partial charge in [0.1, 0.15) is 23.9 Å². The van der Waals surface area contributed by atoms with Gasteiger partial charge < -0.3 is 18.9 Å². The van der Waals surface area contributed by atoms with Gasteiger partial charge >= 0.3 is 5.97 Å². The molecule has 0 N–H and O–H groups in total. The Morgan fingerprint density at radius 3 is 2.41 bits per heavy atom. The van der Waals surface area contributed by atoms with Crippen molar-refractivity contribution in [1.29, 1.82) is 0 Å². The molecular formula is C32H30N2O6S. The molecule has 5 rings (SSSR count). The van der Waals surface area contributed by atoms with E-state index in [0.717, 1.165) is 28.0 Å². The topological polar surface area (TPSA) is 88.4 Å². The van der Waals surface area contributed by atoms with Gasteiger partial charge in [0, 0.05) is 5.56 Å². The Bertz CT molecular complexity index is 1820. The Morgan fingerprint density at radius 2 is 1.73 bits per heavy atom. The van der Waals surface area contributed by atoms with Crippen LogP contribution in [-0.2, 0) is 16.1 Å². The van der Waals surface area contributed by atoms with E-state index >= 15 is 0 Å². The molecule has 4 aromatic rings. The van der Waals surface area contributed by atoms with Crippen LogP contribution in [0, 0.1) is 6.92 Å². The average molecular weight is 571 g/mol. The Balaban J connectivity index is 1.58. The SMILES string of the molecule is COC(=O)C1=C(C)N=c2sc(=Cc3ccc(OC)c(COc4ccccc4C)c3)c(=O)n2C1c1ccc(OC)cc1. The monoisotopic (exact) mass is 570 g/mol. The third-order valence-electron chi connectivity index (χ3n) is 6.94. The Morgan fingerprint density at radius 1 is 0.976 bits per heavy atom. The fraction of sp³-hybridized carbons (Fsp3) is 0.219. The van der Waals surface area contributed by atoms with Crippen LogP contribution in [0.5, 0.6) is 17.2 Å². The van der Waals surface area contributed by atoms with Gasteiger partial charge in [-0.15, -0.1) is 0 Å². The summed E-state index contributed by atoms with van der Waals surface area (Å²) in [7, 11) is 4.52. The minimum absolute atomic E-state index is 0.253. The maximum Gasteiger partial charge on any atom is 0.338 e. The summed E-state index contributed by atoms with van der Waals surface area (Å²) in [6, 6.07) is 20.1. The summed E-state index contributed by atoms with van der Waals surface area (Å²) in [4.78, 5) is 31.9. The molecule has 0 aliphatic carbocycles. The second-order valence-corrected chi connectivity index (χ2v) is 10.5. The minimum Gasteiger partial charge on any atom is -0.497 e. The van der Waals surface area contributed by atoms with E-state index in [0.29, 0.717) is 38.7 Å². The third kappa shape index (κ3) is 5.53. The number of aryl methyl sites for hydroxylation is 1. The van der Waals surface area contributed by atoms with E-state index in [9.17, 15) is 9.59 Å². The molecule has 2 heterocycles. The molecule has 1 unspecified atom stereocenters. The Hall–Kier alpha value is -4.63. The molecule has 0 radical (unpaired) electrons. The van der Waals surface area contributed by atoms with Crippen molar-refractivity contribution in [2.45, 2.75) is 26.5 Å². The number of para-hydroxylation sites is 1. The number of methoxy groups -OCH3 is 3. The van der Waals surface area contributed by atoms with Crippen molar-refractivity contribution in [2.24, 2.45) is 4.99 Å². The first kappa shape index (κ1) is 27.9. The van der Waals surface area contributed by atoms with Gasteiger partial charge in [-0.1, -0.05) is 47.7 Å². The number of carbonyl (C=O) groups is 1. The molecule has 210 valence electrons. The zero-order valence-electron chi connectivity index (χ0n) is 23.5. The quantitative estimate of drug-likeness (QED) is 0.294. The molecule has 0 saturated heterocycles. The number of esters is 1.